The van der Waals surface area contributed by atoms with E-state index in [1.807, 2.05) is 0 Å². The second kappa shape index (κ2) is 8.55. The van der Waals surface area contributed by atoms with Gasteiger partial charge in [0.15, 0.2) is 0 Å². The van der Waals surface area contributed by atoms with Crippen molar-refractivity contribution < 1.29 is 0 Å². The molecule has 13 heavy (non-hydrogen) atoms. The molecule has 1 atom stereocenters. The van der Waals surface area contributed by atoms with Crippen LogP contribution in [0.25, 0.3) is 0 Å². The van der Waals surface area contributed by atoms with Crippen molar-refractivity contribution in [3.8, 4) is 0 Å². The average Bonchev–Trinajstić information content (AvgIpc) is 2.49. The van der Waals surface area contributed by atoms with E-state index in [0.29, 0.717) is 0 Å². The van der Waals surface area contributed by atoms with E-state index in [9.17, 15) is 0 Å². The summed E-state index contributed by atoms with van der Waals surface area (Å²) in [6, 6.07) is 0.847. The van der Waals surface area contributed by atoms with Gasteiger partial charge in [0.1, 0.15) is 0 Å². The Balaban J connectivity index is 0.000000226. The molecular formula is C12H27N. The molecule has 0 radical (unpaired) electrons. The Bertz CT molecular complexity index is 89.3. The predicted octanol–water partition coefficient (Wildman–Crippen LogP) is 3.69. The minimum atomic E-state index is 0.847. The first-order valence-electron chi connectivity index (χ1n) is 5.92. The van der Waals surface area contributed by atoms with Crippen LogP contribution in [0.3, 0.4) is 0 Å². The van der Waals surface area contributed by atoms with E-state index in [4.69, 9.17) is 0 Å². The lowest BCUT2D eigenvalue weighted by molar-refractivity contribution is 0.331. The van der Waals surface area contributed by atoms with Crippen molar-refractivity contribution >= 4 is 0 Å². The van der Waals surface area contributed by atoms with Crippen LogP contribution in [0.4, 0.5) is 0 Å². The van der Waals surface area contributed by atoms with E-state index in [1.165, 1.54) is 45.1 Å². The molecular weight excluding hydrogens is 158 g/mol. The summed E-state index contributed by atoms with van der Waals surface area (Å²) in [6.07, 6.45) is 8.34. The third-order valence-electron chi connectivity index (χ3n) is 2.84. The predicted molar refractivity (Wildman–Crippen MR) is 61.1 cm³/mol. The van der Waals surface area contributed by atoms with Crippen molar-refractivity contribution in [3.05, 3.63) is 0 Å². The fourth-order valence-electron chi connectivity index (χ4n) is 1.58. The van der Waals surface area contributed by atoms with Gasteiger partial charge in [-0.2, -0.15) is 0 Å². The molecule has 1 rings (SSSR count). The van der Waals surface area contributed by atoms with Gasteiger partial charge in [-0.1, -0.05) is 39.5 Å². The first-order valence-corrected chi connectivity index (χ1v) is 5.92. The van der Waals surface area contributed by atoms with Crippen molar-refractivity contribution in [3.63, 3.8) is 0 Å². The molecule has 0 saturated carbocycles. The molecule has 0 amide bonds. The highest BCUT2D eigenvalue weighted by molar-refractivity contribution is 4.70. The molecule has 0 spiro atoms. The fraction of sp³-hybridized carbons (Fsp3) is 1.00. The van der Waals surface area contributed by atoms with Crippen LogP contribution >= 0.6 is 0 Å². The minimum absolute atomic E-state index is 0.847. The summed E-state index contributed by atoms with van der Waals surface area (Å²) in [5.41, 5.74) is 0. The van der Waals surface area contributed by atoms with Gasteiger partial charge >= 0.3 is 0 Å². The molecule has 0 aromatic rings. The van der Waals surface area contributed by atoms with E-state index in [-0.39, 0.29) is 0 Å². The molecule has 1 aliphatic rings. The Morgan fingerprint density at radius 2 is 1.69 bits per heavy atom. The molecule has 0 aromatic heterocycles. The van der Waals surface area contributed by atoms with Crippen LogP contribution in [0.2, 0.25) is 0 Å². The quantitative estimate of drug-likeness (QED) is 0.606. The highest BCUT2D eigenvalue weighted by Crippen LogP contribution is 2.12. The van der Waals surface area contributed by atoms with E-state index in [2.05, 4.69) is 32.7 Å². The summed E-state index contributed by atoms with van der Waals surface area (Å²) >= 11 is 0. The van der Waals surface area contributed by atoms with Crippen molar-refractivity contribution in [2.75, 3.05) is 13.6 Å². The monoisotopic (exact) mass is 185 g/mol. The van der Waals surface area contributed by atoms with Gasteiger partial charge in [-0.3, -0.25) is 0 Å². The summed E-state index contributed by atoms with van der Waals surface area (Å²) in [5, 5.41) is 0. The van der Waals surface area contributed by atoms with Gasteiger partial charge in [-0.25, -0.2) is 0 Å². The summed E-state index contributed by atoms with van der Waals surface area (Å²) < 4.78 is 0. The Morgan fingerprint density at radius 3 is 1.85 bits per heavy atom. The zero-order valence-corrected chi connectivity index (χ0v) is 9.97. The van der Waals surface area contributed by atoms with E-state index in [0.717, 1.165) is 6.04 Å². The van der Waals surface area contributed by atoms with Crippen LogP contribution in [-0.2, 0) is 0 Å². The molecule has 1 heterocycles. The molecule has 0 aliphatic carbocycles. The molecule has 1 aliphatic heterocycles. The maximum atomic E-state index is 2.40. The third-order valence-corrected chi connectivity index (χ3v) is 2.84. The lowest BCUT2D eigenvalue weighted by atomic mass is 10.2. The molecule has 1 heteroatoms. The standard InChI is InChI=1S/C6H13N.C6H14/c1-6-4-3-5-7(6)2;1-3-5-6-4-2/h6H,3-5H2,1-2H3;3-6H2,1-2H3. The van der Waals surface area contributed by atoms with Crippen molar-refractivity contribution in [1.82, 2.24) is 4.90 Å². The van der Waals surface area contributed by atoms with Crippen LogP contribution in [0, 0.1) is 0 Å². The van der Waals surface area contributed by atoms with Crippen LogP contribution in [-0.4, -0.2) is 24.5 Å². The fourth-order valence-corrected chi connectivity index (χ4v) is 1.58. The molecule has 1 unspecified atom stereocenters. The van der Waals surface area contributed by atoms with E-state index >= 15 is 0 Å². The van der Waals surface area contributed by atoms with Gasteiger partial charge in [-0.15, -0.1) is 0 Å². The molecule has 1 fully saturated rings. The number of likely N-dealkylation sites (tertiary alicyclic amines) is 1. The van der Waals surface area contributed by atoms with Crippen LogP contribution < -0.4 is 0 Å². The lowest BCUT2D eigenvalue weighted by Crippen LogP contribution is -2.20. The lowest BCUT2D eigenvalue weighted by Gasteiger charge is -2.12. The highest BCUT2D eigenvalue weighted by Gasteiger charge is 2.14. The van der Waals surface area contributed by atoms with Crippen molar-refractivity contribution in [2.24, 2.45) is 0 Å². The smallest absolute Gasteiger partial charge is 0.00643 e. The number of rotatable bonds is 3. The largest absolute Gasteiger partial charge is 0.304 e. The Morgan fingerprint density at radius 1 is 1.15 bits per heavy atom. The number of hydrogen-bond acceptors (Lipinski definition) is 1. The Labute approximate surface area is 84.5 Å². The molecule has 0 bridgehead atoms. The topological polar surface area (TPSA) is 3.24 Å². The van der Waals surface area contributed by atoms with Crippen LogP contribution in [0.1, 0.15) is 59.3 Å². The second-order valence-electron chi connectivity index (χ2n) is 4.18. The number of nitrogens with zero attached hydrogens (tertiary/aromatic N) is 1. The van der Waals surface area contributed by atoms with Gasteiger partial charge in [0.2, 0.25) is 0 Å². The highest BCUT2D eigenvalue weighted by atomic mass is 15.1. The molecule has 1 saturated heterocycles. The van der Waals surface area contributed by atoms with Crippen LogP contribution in [0.15, 0.2) is 0 Å². The molecule has 80 valence electrons. The maximum absolute atomic E-state index is 2.40. The molecule has 1 nitrogen and oxygen atoms in total. The van der Waals surface area contributed by atoms with Gasteiger partial charge in [-0.05, 0) is 33.4 Å². The number of hydrogen-bond donors (Lipinski definition) is 0. The minimum Gasteiger partial charge on any atom is -0.304 e. The summed E-state index contributed by atoms with van der Waals surface area (Å²) in [5.74, 6) is 0. The normalized spacial score (nSPS) is 22.6. The SMILES string of the molecule is CC1CCCN1C.CCCCCC. The Hall–Kier alpha value is -0.0400. The third kappa shape index (κ3) is 7.06. The van der Waals surface area contributed by atoms with Crippen molar-refractivity contribution in [2.45, 2.75) is 65.3 Å². The Kier molecular flexibility index (Phi) is 8.53. The van der Waals surface area contributed by atoms with Crippen molar-refractivity contribution in [1.29, 1.82) is 0 Å². The van der Waals surface area contributed by atoms with Gasteiger partial charge in [0, 0.05) is 6.04 Å². The van der Waals surface area contributed by atoms with E-state index < -0.39 is 0 Å². The van der Waals surface area contributed by atoms with E-state index in [1.54, 1.807) is 0 Å². The molecule has 0 aromatic carbocycles. The number of unbranched alkanes of at least 4 members (excludes halogenated alkanes) is 3. The average molecular weight is 185 g/mol. The first kappa shape index (κ1) is 13.0. The summed E-state index contributed by atoms with van der Waals surface area (Å²) in [6.45, 7) is 8.06. The zero-order valence-electron chi connectivity index (χ0n) is 9.97. The first-order chi connectivity index (χ1) is 6.22. The van der Waals surface area contributed by atoms with Gasteiger partial charge < -0.3 is 4.90 Å². The summed E-state index contributed by atoms with van der Waals surface area (Å²) in [4.78, 5) is 2.40. The van der Waals surface area contributed by atoms with Crippen LogP contribution in [0.5, 0.6) is 0 Å². The molecule has 0 N–H and O–H groups in total. The second-order valence-corrected chi connectivity index (χ2v) is 4.18. The maximum Gasteiger partial charge on any atom is 0.00643 e. The van der Waals surface area contributed by atoms with Gasteiger partial charge in [0.25, 0.3) is 0 Å². The summed E-state index contributed by atoms with van der Waals surface area (Å²) in [7, 11) is 2.19. The zero-order chi connectivity index (χ0) is 10.1. The van der Waals surface area contributed by atoms with Gasteiger partial charge in [0.05, 0.1) is 0 Å².